The summed E-state index contributed by atoms with van der Waals surface area (Å²) in [7, 11) is 1.90. The van der Waals surface area contributed by atoms with Gasteiger partial charge in [0.1, 0.15) is 5.82 Å². The molecule has 1 N–H and O–H groups in total. The first-order valence-corrected chi connectivity index (χ1v) is 7.74. The van der Waals surface area contributed by atoms with Crippen molar-refractivity contribution < 1.29 is 0 Å². The van der Waals surface area contributed by atoms with Gasteiger partial charge in [-0.1, -0.05) is 13.8 Å². The Morgan fingerprint density at radius 1 is 1.28 bits per heavy atom. The van der Waals surface area contributed by atoms with E-state index in [1.165, 1.54) is 4.88 Å². The maximum atomic E-state index is 4.72. The van der Waals surface area contributed by atoms with Crippen LogP contribution in [0.5, 0.6) is 0 Å². The smallest absolute Gasteiger partial charge is 0.171 e. The molecule has 0 saturated heterocycles. The van der Waals surface area contributed by atoms with Gasteiger partial charge in [0.05, 0.1) is 14.1 Å². The van der Waals surface area contributed by atoms with E-state index in [4.69, 9.17) is 4.98 Å². The van der Waals surface area contributed by atoms with Crippen molar-refractivity contribution >= 4 is 39.7 Å². The first-order valence-electron chi connectivity index (χ1n) is 5.85. The van der Waals surface area contributed by atoms with Crippen LogP contribution in [0.4, 0.5) is 5.82 Å². The minimum absolute atomic E-state index is 0.395. The molecule has 2 heterocycles. The van der Waals surface area contributed by atoms with Crippen LogP contribution in [0.3, 0.4) is 0 Å². The zero-order chi connectivity index (χ0) is 13.3. The van der Waals surface area contributed by atoms with E-state index in [2.05, 4.69) is 65.8 Å². The van der Waals surface area contributed by atoms with E-state index in [1.54, 1.807) is 11.3 Å². The van der Waals surface area contributed by atoms with Gasteiger partial charge >= 0.3 is 0 Å². The van der Waals surface area contributed by atoms with Crippen molar-refractivity contribution in [1.29, 1.82) is 0 Å². The summed E-state index contributed by atoms with van der Waals surface area (Å²) < 4.78 is 1.11. The molecule has 2 rings (SSSR count). The third-order valence-corrected chi connectivity index (χ3v) is 4.68. The molecule has 2 aromatic rings. The van der Waals surface area contributed by atoms with Crippen LogP contribution in [0.15, 0.2) is 12.1 Å². The van der Waals surface area contributed by atoms with Crippen LogP contribution in [0.25, 0.3) is 10.7 Å². The van der Waals surface area contributed by atoms with Crippen molar-refractivity contribution in [2.24, 2.45) is 0 Å². The molecule has 5 heteroatoms. The maximum absolute atomic E-state index is 4.72. The molecule has 0 radical (unpaired) electrons. The fourth-order valence-corrected chi connectivity index (χ4v) is 3.61. The Morgan fingerprint density at radius 2 is 2.00 bits per heavy atom. The van der Waals surface area contributed by atoms with Crippen molar-refractivity contribution in [2.45, 2.75) is 26.7 Å². The zero-order valence-corrected chi connectivity index (χ0v) is 13.9. The van der Waals surface area contributed by atoms with Crippen LogP contribution in [0.2, 0.25) is 0 Å². The molecule has 0 aromatic carbocycles. The Kier molecular flexibility index (Phi) is 4.21. The summed E-state index contributed by atoms with van der Waals surface area (Å²) in [5.74, 6) is 2.13. The summed E-state index contributed by atoms with van der Waals surface area (Å²) in [6, 6.07) is 4.20. The van der Waals surface area contributed by atoms with Crippen LogP contribution >= 0.6 is 33.9 Å². The lowest BCUT2D eigenvalue weighted by molar-refractivity contribution is 0.810. The molecule has 0 spiro atoms. The van der Waals surface area contributed by atoms with Crippen molar-refractivity contribution in [2.75, 3.05) is 12.4 Å². The summed E-state index contributed by atoms with van der Waals surface area (Å²) in [4.78, 5) is 11.7. The minimum Gasteiger partial charge on any atom is -0.372 e. The molecule has 0 saturated carbocycles. The lowest BCUT2D eigenvalue weighted by atomic mass is 10.1. The molecular weight excluding hydrogens is 357 g/mol. The summed E-state index contributed by atoms with van der Waals surface area (Å²) in [5, 5.41) is 3.15. The van der Waals surface area contributed by atoms with E-state index in [-0.39, 0.29) is 0 Å². The van der Waals surface area contributed by atoms with Gasteiger partial charge in [0, 0.05) is 11.9 Å². The molecule has 2 aromatic heterocycles. The molecule has 0 aliphatic rings. The van der Waals surface area contributed by atoms with Gasteiger partial charge in [0.25, 0.3) is 0 Å². The van der Waals surface area contributed by atoms with E-state index in [1.807, 2.05) is 7.05 Å². The predicted molar refractivity (Wildman–Crippen MR) is 86.4 cm³/mol. The average molecular weight is 373 g/mol. The first-order chi connectivity index (χ1) is 8.52. The maximum Gasteiger partial charge on any atom is 0.171 e. The lowest BCUT2D eigenvalue weighted by Gasteiger charge is -2.12. The van der Waals surface area contributed by atoms with Crippen LogP contribution in [-0.4, -0.2) is 17.0 Å². The molecule has 0 bridgehead atoms. The van der Waals surface area contributed by atoms with Gasteiger partial charge in [-0.2, -0.15) is 0 Å². The highest BCUT2D eigenvalue weighted by Gasteiger charge is 2.15. The summed E-state index contributed by atoms with van der Waals surface area (Å²) in [5.41, 5.74) is 1.11. The lowest BCUT2D eigenvalue weighted by Crippen LogP contribution is -2.06. The average Bonchev–Trinajstić information content (AvgIpc) is 2.76. The topological polar surface area (TPSA) is 37.8 Å². The SMILES string of the molecule is CNc1nc(-c2ccc(C)s2)nc(C(C)C)c1I. The molecule has 0 fully saturated rings. The van der Waals surface area contributed by atoms with Crippen molar-refractivity contribution in [3.05, 3.63) is 26.3 Å². The van der Waals surface area contributed by atoms with Crippen molar-refractivity contribution in [3.63, 3.8) is 0 Å². The normalized spacial score (nSPS) is 11.0. The monoisotopic (exact) mass is 373 g/mol. The molecule has 18 heavy (non-hydrogen) atoms. The van der Waals surface area contributed by atoms with E-state index >= 15 is 0 Å². The van der Waals surface area contributed by atoms with E-state index in [9.17, 15) is 0 Å². The van der Waals surface area contributed by atoms with Crippen molar-refractivity contribution in [1.82, 2.24) is 9.97 Å². The highest BCUT2D eigenvalue weighted by Crippen LogP contribution is 2.30. The number of thiophene rings is 1. The third kappa shape index (κ3) is 2.66. The molecule has 0 atom stereocenters. The quantitative estimate of drug-likeness (QED) is 0.816. The number of hydrogen-bond donors (Lipinski definition) is 1. The molecular formula is C13H16IN3S. The number of halogens is 1. The standard InChI is InChI=1S/C13H16IN3S/c1-7(2)11-10(14)13(15-4)17-12(16-11)9-6-5-8(3)18-9/h5-7H,1-4H3,(H,15,16,17). The molecule has 0 aliphatic heterocycles. The van der Waals surface area contributed by atoms with Gasteiger partial charge in [-0.3, -0.25) is 0 Å². The Labute approximate surface area is 125 Å². The van der Waals surface area contributed by atoms with Gasteiger partial charge in [-0.05, 0) is 47.6 Å². The number of nitrogens with one attached hydrogen (secondary N) is 1. The second kappa shape index (κ2) is 5.52. The van der Waals surface area contributed by atoms with E-state index in [0.29, 0.717) is 5.92 Å². The largest absolute Gasteiger partial charge is 0.372 e. The van der Waals surface area contributed by atoms with Crippen LogP contribution in [-0.2, 0) is 0 Å². The number of anilines is 1. The van der Waals surface area contributed by atoms with Crippen molar-refractivity contribution in [3.8, 4) is 10.7 Å². The van der Waals surface area contributed by atoms with Gasteiger partial charge in [-0.15, -0.1) is 11.3 Å². The Balaban J connectivity index is 2.58. The Morgan fingerprint density at radius 3 is 2.50 bits per heavy atom. The van der Waals surface area contributed by atoms with E-state index < -0.39 is 0 Å². The zero-order valence-electron chi connectivity index (χ0n) is 10.9. The van der Waals surface area contributed by atoms with Crippen LogP contribution < -0.4 is 5.32 Å². The second-order valence-electron chi connectivity index (χ2n) is 4.41. The van der Waals surface area contributed by atoms with E-state index in [0.717, 1.165) is 25.8 Å². The summed E-state index contributed by atoms with van der Waals surface area (Å²) in [6.07, 6.45) is 0. The fraction of sp³-hybridized carbons (Fsp3) is 0.385. The number of hydrogen-bond acceptors (Lipinski definition) is 4. The van der Waals surface area contributed by atoms with Gasteiger partial charge in [-0.25, -0.2) is 9.97 Å². The summed E-state index contributed by atoms with van der Waals surface area (Å²) in [6.45, 7) is 6.42. The second-order valence-corrected chi connectivity index (χ2v) is 6.78. The van der Waals surface area contributed by atoms with Crippen LogP contribution in [0.1, 0.15) is 30.3 Å². The van der Waals surface area contributed by atoms with Gasteiger partial charge in [0.15, 0.2) is 5.82 Å². The number of nitrogens with zero attached hydrogens (tertiary/aromatic N) is 2. The highest BCUT2D eigenvalue weighted by molar-refractivity contribution is 14.1. The minimum atomic E-state index is 0.395. The number of rotatable bonds is 3. The molecule has 0 amide bonds. The van der Waals surface area contributed by atoms with Gasteiger partial charge in [0.2, 0.25) is 0 Å². The Bertz CT molecular complexity index is 563. The third-order valence-electron chi connectivity index (χ3n) is 2.62. The van der Waals surface area contributed by atoms with Gasteiger partial charge < -0.3 is 5.32 Å². The molecule has 0 unspecified atom stereocenters. The molecule has 0 aliphatic carbocycles. The van der Waals surface area contributed by atoms with Crippen LogP contribution in [0, 0.1) is 10.5 Å². The fourth-order valence-electron chi connectivity index (χ4n) is 1.68. The number of aryl methyl sites for hydroxylation is 1. The predicted octanol–water partition coefficient (Wildman–Crippen LogP) is 4.28. The Hall–Kier alpha value is -0.690. The molecule has 3 nitrogen and oxygen atoms in total. The molecule has 96 valence electrons. The first kappa shape index (κ1) is 13.7. The summed E-state index contributed by atoms with van der Waals surface area (Å²) >= 11 is 4.04. The number of aromatic nitrogens is 2. The highest BCUT2D eigenvalue weighted by atomic mass is 127.